The normalized spacial score (nSPS) is 25.3. The molecule has 154 valence electrons. The molecule has 5 nitrogen and oxygen atoms in total. The summed E-state index contributed by atoms with van der Waals surface area (Å²) in [4.78, 5) is 26.1. The summed E-state index contributed by atoms with van der Waals surface area (Å²) in [7, 11) is 0. The van der Waals surface area contributed by atoms with Gasteiger partial charge in [0, 0.05) is 18.2 Å². The number of anilines is 1. The average Bonchev–Trinajstić information content (AvgIpc) is 2.71. The molecule has 0 aromatic heterocycles. The van der Waals surface area contributed by atoms with Crippen molar-refractivity contribution in [2.75, 3.05) is 18.1 Å². The number of hydrogen-bond acceptors (Lipinski definition) is 4. The average molecular weight is 388 g/mol. The van der Waals surface area contributed by atoms with Crippen LogP contribution in [0.3, 0.4) is 0 Å². The standard InChI is InChI=1S/C23H33NO4/c1-3-4-5-6-18-7-9-19(10-8-18)22(25)28-21-13-11-20(12-14-21)24-15-17(2)16-27-23(24)26/h11-14,17-19H,3-10,15-16H2,1-2H3. The molecule has 5 heteroatoms. The van der Waals surface area contributed by atoms with Crippen LogP contribution in [0.5, 0.6) is 5.75 Å². The predicted molar refractivity (Wildman–Crippen MR) is 110 cm³/mol. The number of carbonyl (C=O) groups is 2. The summed E-state index contributed by atoms with van der Waals surface area (Å²) in [6.07, 6.45) is 9.01. The van der Waals surface area contributed by atoms with E-state index in [0.29, 0.717) is 24.8 Å². The van der Waals surface area contributed by atoms with Crippen molar-refractivity contribution in [3.8, 4) is 5.75 Å². The first kappa shape index (κ1) is 20.7. The second-order valence-electron chi connectivity index (χ2n) is 8.42. The van der Waals surface area contributed by atoms with E-state index >= 15 is 0 Å². The molecule has 1 atom stereocenters. The topological polar surface area (TPSA) is 55.8 Å². The number of ether oxygens (including phenoxy) is 2. The lowest BCUT2D eigenvalue weighted by Crippen LogP contribution is -2.42. The molecule has 0 bridgehead atoms. The monoisotopic (exact) mass is 387 g/mol. The van der Waals surface area contributed by atoms with Crippen LogP contribution in [-0.2, 0) is 9.53 Å². The van der Waals surface area contributed by atoms with Gasteiger partial charge in [-0.2, -0.15) is 0 Å². The Hall–Kier alpha value is -2.04. The van der Waals surface area contributed by atoms with E-state index in [1.807, 2.05) is 19.1 Å². The molecule has 2 aliphatic rings. The maximum absolute atomic E-state index is 12.5. The van der Waals surface area contributed by atoms with Gasteiger partial charge in [-0.15, -0.1) is 0 Å². The number of esters is 1. The third-order valence-corrected chi connectivity index (χ3v) is 5.97. The molecule has 1 aromatic rings. The minimum Gasteiger partial charge on any atom is -0.449 e. The highest BCUT2D eigenvalue weighted by molar-refractivity contribution is 5.88. The van der Waals surface area contributed by atoms with Gasteiger partial charge in [0.1, 0.15) is 5.75 Å². The summed E-state index contributed by atoms with van der Waals surface area (Å²) >= 11 is 0. The fourth-order valence-electron chi connectivity index (χ4n) is 4.20. The maximum atomic E-state index is 12.5. The molecule has 0 N–H and O–H groups in total. The molecular formula is C23H33NO4. The van der Waals surface area contributed by atoms with Crippen molar-refractivity contribution >= 4 is 17.7 Å². The molecule has 28 heavy (non-hydrogen) atoms. The molecule has 1 heterocycles. The summed E-state index contributed by atoms with van der Waals surface area (Å²) in [5.41, 5.74) is 0.768. The van der Waals surface area contributed by atoms with Crippen molar-refractivity contribution in [3.63, 3.8) is 0 Å². The first-order chi connectivity index (χ1) is 13.6. The number of rotatable bonds is 7. The minimum atomic E-state index is -0.321. The number of nitrogens with zero attached hydrogens (tertiary/aromatic N) is 1. The Morgan fingerprint density at radius 1 is 1.14 bits per heavy atom. The van der Waals surface area contributed by atoms with Crippen LogP contribution in [0.1, 0.15) is 65.2 Å². The molecule has 0 radical (unpaired) electrons. The number of cyclic esters (lactones) is 1. The quantitative estimate of drug-likeness (QED) is 0.349. The third-order valence-electron chi connectivity index (χ3n) is 5.97. The zero-order chi connectivity index (χ0) is 19.9. The van der Waals surface area contributed by atoms with Gasteiger partial charge in [-0.25, -0.2) is 4.79 Å². The molecule has 1 aromatic carbocycles. The van der Waals surface area contributed by atoms with Crippen LogP contribution in [0, 0.1) is 17.8 Å². The number of hydrogen-bond donors (Lipinski definition) is 0. The molecule has 1 aliphatic heterocycles. The predicted octanol–water partition coefficient (Wildman–Crippen LogP) is 5.57. The van der Waals surface area contributed by atoms with E-state index in [1.54, 1.807) is 17.0 Å². The lowest BCUT2D eigenvalue weighted by molar-refractivity contribution is -0.140. The summed E-state index contributed by atoms with van der Waals surface area (Å²) < 4.78 is 10.8. The van der Waals surface area contributed by atoms with Gasteiger partial charge in [-0.3, -0.25) is 9.69 Å². The molecule has 2 fully saturated rings. The van der Waals surface area contributed by atoms with Crippen LogP contribution in [0.4, 0.5) is 10.5 Å². The Bertz CT molecular complexity index is 649. The van der Waals surface area contributed by atoms with Crippen LogP contribution in [0.2, 0.25) is 0 Å². The molecule has 1 amide bonds. The molecule has 1 unspecified atom stereocenters. The van der Waals surface area contributed by atoms with Crippen LogP contribution >= 0.6 is 0 Å². The molecule has 1 saturated heterocycles. The second kappa shape index (κ2) is 9.94. The Morgan fingerprint density at radius 2 is 1.86 bits per heavy atom. The fourth-order valence-corrected chi connectivity index (χ4v) is 4.20. The summed E-state index contributed by atoms with van der Waals surface area (Å²) in [5, 5.41) is 0. The largest absolute Gasteiger partial charge is 0.449 e. The van der Waals surface area contributed by atoms with Crippen LogP contribution in [0.25, 0.3) is 0 Å². The highest BCUT2D eigenvalue weighted by Gasteiger charge is 2.28. The van der Waals surface area contributed by atoms with E-state index in [0.717, 1.165) is 37.3 Å². The van der Waals surface area contributed by atoms with E-state index in [4.69, 9.17) is 9.47 Å². The number of unbranched alkanes of at least 4 members (excludes halogenated alkanes) is 2. The molecule has 0 spiro atoms. The number of benzene rings is 1. The van der Waals surface area contributed by atoms with Gasteiger partial charge in [0.2, 0.25) is 0 Å². The first-order valence-electron chi connectivity index (χ1n) is 10.8. The van der Waals surface area contributed by atoms with E-state index in [2.05, 4.69) is 6.92 Å². The van der Waals surface area contributed by atoms with Crippen molar-refractivity contribution in [1.82, 2.24) is 0 Å². The summed E-state index contributed by atoms with van der Waals surface area (Å²) in [5.74, 6) is 1.51. The molecule has 1 saturated carbocycles. The smallest absolute Gasteiger partial charge is 0.414 e. The number of carbonyl (C=O) groups excluding carboxylic acids is 2. The highest BCUT2D eigenvalue weighted by Crippen LogP contribution is 2.33. The van der Waals surface area contributed by atoms with Crippen LogP contribution in [-0.4, -0.2) is 25.2 Å². The Morgan fingerprint density at radius 3 is 2.54 bits per heavy atom. The van der Waals surface area contributed by atoms with Gasteiger partial charge in [-0.05, 0) is 55.9 Å². The van der Waals surface area contributed by atoms with Crippen molar-refractivity contribution < 1.29 is 19.1 Å². The fraction of sp³-hybridized carbons (Fsp3) is 0.652. The van der Waals surface area contributed by atoms with Crippen molar-refractivity contribution in [1.29, 1.82) is 0 Å². The van der Waals surface area contributed by atoms with Gasteiger partial charge in [0.25, 0.3) is 0 Å². The van der Waals surface area contributed by atoms with E-state index in [9.17, 15) is 9.59 Å². The zero-order valence-corrected chi connectivity index (χ0v) is 17.2. The van der Waals surface area contributed by atoms with Crippen molar-refractivity contribution in [2.45, 2.75) is 65.2 Å². The van der Waals surface area contributed by atoms with Crippen LogP contribution < -0.4 is 9.64 Å². The molecule has 1 aliphatic carbocycles. The van der Waals surface area contributed by atoms with Gasteiger partial charge in [0.05, 0.1) is 12.5 Å². The maximum Gasteiger partial charge on any atom is 0.414 e. The van der Waals surface area contributed by atoms with Gasteiger partial charge in [0.15, 0.2) is 0 Å². The Balaban J connectivity index is 1.48. The highest BCUT2D eigenvalue weighted by atomic mass is 16.6. The van der Waals surface area contributed by atoms with Crippen molar-refractivity contribution in [3.05, 3.63) is 24.3 Å². The zero-order valence-electron chi connectivity index (χ0n) is 17.2. The van der Waals surface area contributed by atoms with E-state index in [-0.39, 0.29) is 18.0 Å². The second-order valence-corrected chi connectivity index (χ2v) is 8.42. The van der Waals surface area contributed by atoms with Crippen molar-refractivity contribution in [2.24, 2.45) is 17.8 Å². The van der Waals surface area contributed by atoms with Gasteiger partial charge in [-0.1, -0.05) is 39.5 Å². The first-order valence-corrected chi connectivity index (χ1v) is 10.8. The lowest BCUT2D eigenvalue weighted by Gasteiger charge is -2.30. The Kier molecular flexibility index (Phi) is 7.35. The lowest BCUT2D eigenvalue weighted by atomic mass is 9.80. The summed E-state index contributed by atoms with van der Waals surface area (Å²) in [6.45, 7) is 5.39. The SMILES string of the molecule is CCCCCC1CCC(C(=O)Oc2ccc(N3CC(C)COC3=O)cc2)CC1. The molecule has 3 rings (SSSR count). The third kappa shape index (κ3) is 5.49. The van der Waals surface area contributed by atoms with Gasteiger partial charge >= 0.3 is 12.1 Å². The number of amides is 1. The summed E-state index contributed by atoms with van der Waals surface area (Å²) in [6, 6.07) is 7.14. The van der Waals surface area contributed by atoms with E-state index in [1.165, 1.54) is 25.7 Å². The molecular weight excluding hydrogens is 354 g/mol. The van der Waals surface area contributed by atoms with E-state index < -0.39 is 0 Å². The van der Waals surface area contributed by atoms with Gasteiger partial charge < -0.3 is 9.47 Å². The Labute approximate surface area is 168 Å². The van der Waals surface area contributed by atoms with Crippen LogP contribution in [0.15, 0.2) is 24.3 Å². The minimum absolute atomic E-state index is 0.0139.